The van der Waals surface area contributed by atoms with Gasteiger partial charge in [0.15, 0.2) is 0 Å². The molecule has 4 nitrogen and oxygen atoms in total. The Hall–Kier alpha value is -0.900. The first kappa shape index (κ1) is 9.19. The topological polar surface area (TPSA) is 49.4 Å². The van der Waals surface area contributed by atoms with E-state index < -0.39 is 0 Å². The molecule has 1 aliphatic rings. The summed E-state index contributed by atoms with van der Waals surface area (Å²) in [5.41, 5.74) is 0. The molecule has 1 saturated heterocycles. The van der Waals surface area contributed by atoms with Crippen molar-refractivity contribution in [1.29, 1.82) is 0 Å². The number of likely N-dealkylation sites (N-methyl/N-ethyl adjacent to an activating group) is 1. The van der Waals surface area contributed by atoms with Gasteiger partial charge < -0.3 is 10.1 Å². The Kier molecular flexibility index (Phi) is 2.81. The number of carbonyl (C=O) groups excluding carboxylic acids is 2. The normalized spacial score (nSPS) is 30.2. The van der Waals surface area contributed by atoms with Crippen LogP contribution < -0.4 is 5.32 Å². The van der Waals surface area contributed by atoms with E-state index in [9.17, 15) is 9.59 Å². The quantitative estimate of drug-likeness (QED) is 0.563. The van der Waals surface area contributed by atoms with Gasteiger partial charge in [-0.1, -0.05) is 0 Å². The van der Waals surface area contributed by atoms with Crippen LogP contribution in [0.1, 0.15) is 13.3 Å². The third-order valence-electron chi connectivity index (χ3n) is 2.17. The molecule has 0 aromatic heterocycles. The molecule has 0 aromatic carbocycles. The molecule has 0 bridgehead atoms. The molecular weight excluding hydrogens is 156 g/mol. The van der Waals surface area contributed by atoms with Crippen LogP contribution >= 0.6 is 0 Å². The van der Waals surface area contributed by atoms with Crippen molar-refractivity contribution in [2.45, 2.75) is 25.4 Å². The minimum absolute atomic E-state index is 0.0261. The number of nitrogens with one attached hydrogen (secondary N) is 1. The Labute approximate surface area is 71.9 Å². The first-order valence-corrected chi connectivity index (χ1v) is 4.06. The molecule has 0 aromatic rings. The second kappa shape index (κ2) is 3.67. The van der Waals surface area contributed by atoms with E-state index in [1.165, 1.54) is 6.92 Å². The number of nitrogens with zero attached hydrogens (tertiary/aromatic N) is 1. The molecule has 1 heterocycles. The fourth-order valence-electron chi connectivity index (χ4n) is 1.58. The zero-order valence-corrected chi connectivity index (χ0v) is 7.41. The highest BCUT2D eigenvalue weighted by Gasteiger charge is 2.29. The van der Waals surface area contributed by atoms with Crippen molar-refractivity contribution in [3.05, 3.63) is 0 Å². The number of carbonyl (C=O) groups is 2. The summed E-state index contributed by atoms with van der Waals surface area (Å²) in [6, 6.07) is 0.115. The van der Waals surface area contributed by atoms with Crippen molar-refractivity contribution < 1.29 is 9.59 Å². The molecule has 0 radical (unpaired) electrons. The van der Waals surface area contributed by atoms with Crippen LogP contribution in [0.4, 0.5) is 0 Å². The van der Waals surface area contributed by atoms with Crippen LogP contribution in [-0.4, -0.2) is 42.8 Å². The van der Waals surface area contributed by atoms with Gasteiger partial charge in [0.05, 0.1) is 6.04 Å². The van der Waals surface area contributed by atoms with Crippen LogP contribution in [-0.2, 0) is 9.59 Å². The minimum atomic E-state index is -0.0278. The molecule has 4 heteroatoms. The molecule has 12 heavy (non-hydrogen) atoms. The predicted molar refractivity (Wildman–Crippen MR) is 44.7 cm³/mol. The number of hydrogen-bond donors (Lipinski definition) is 1. The van der Waals surface area contributed by atoms with Crippen LogP contribution in [0.15, 0.2) is 0 Å². The Bertz CT molecular complexity index is 193. The van der Waals surface area contributed by atoms with E-state index in [2.05, 4.69) is 5.32 Å². The smallest absolute Gasteiger partial charge is 0.217 e. The fraction of sp³-hybridized carbons (Fsp3) is 0.750. The average molecular weight is 170 g/mol. The van der Waals surface area contributed by atoms with Gasteiger partial charge in [-0.25, -0.2) is 0 Å². The van der Waals surface area contributed by atoms with Gasteiger partial charge in [-0.2, -0.15) is 0 Å². The standard InChI is InChI=1S/C8H14N2O2/c1-6(12)9-7-3-8(5-11)10(2)4-7/h5,7-8H,3-4H2,1-2H3,(H,9,12)/t7-,8+/m1/s1. The molecule has 1 rings (SSSR count). The number of hydrogen-bond acceptors (Lipinski definition) is 3. The zero-order valence-electron chi connectivity index (χ0n) is 7.41. The largest absolute Gasteiger partial charge is 0.352 e. The molecule has 0 spiro atoms. The predicted octanol–water partition coefficient (Wildman–Crippen LogP) is -0.606. The first-order chi connectivity index (χ1) is 5.63. The fourth-order valence-corrected chi connectivity index (χ4v) is 1.58. The molecule has 0 saturated carbocycles. The minimum Gasteiger partial charge on any atom is -0.352 e. The lowest BCUT2D eigenvalue weighted by molar-refractivity contribution is -0.119. The lowest BCUT2D eigenvalue weighted by Crippen LogP contribution is -2.34. The van der Waals surface area contributed by atoms with E-state index in [0.717, 1.165) is 19.3 Å². The van der Waals surface area contributed by atoms with Crippen molar-refractivity contribution in [1.82, 2.24) is 10.2 Å². The molecule has 0 unspecified atom stereocenters. The number of rotatable bonds is 2. The van der Waals surface area contributed by atoms with E-state index >= 15 is 0 Å². The van der Waals surface area contributed by atoms with E-state index in [0.29, 0.717) is 0 Å². The van der Waals surface area contributed by atoms with Gasteiger partial charge in [-0.05, 0) is 13.5 Å². The van der Waals surface area contributed by atoms with E-state index in [1.807, 2.05) is 11.9 Å². The van der Waals surface area contributed by atoms with Gasteiger partial charge in [-0.3, -0.25) is 9.69 Å². The molecule has 0 aliphatic carbocycles. The van der Waals surface area contributed by atoms with Crippen molar-refractivity contribution in [3.63, 3.8) is 0 Å². The summed E-state index contributed by atoms with van der Waals surface area (Å²) in [5.74, 6) is -0.0278. The molecule has 1 fully saturated rings. The van der Waals surface area contributed by atoms with Gasteiger partial charge in [0.2, 0.25) is 5.91 Å². The molecule has 1 amide bonds. The van der Waals surface area contributed by atoms with Gasteiger partial charge in [0.1, 0.15) is 6.29 Å². The molecule has 1 aliphatic heterocycles. The Balaban J connectivity index is 2.42. The maximum absolute atomic E-state index is 10.7. The van der Waals surface area contributed by atoms with E-state index in [-0.39, 0.29) is 18.0 Å². The zero-order chi connectivity index (χ0) is 9.14. The van der Waals surface area contributed by atoms with E-state index in [1.54, 1.807) is 0 Å². The molecule has 68 valence electrons. The molecular formula is C8H14N2O2. The average Bonchev–Trinajstić information content (AvgIpc) is 2.29. The van der Waals surface area contributed by atoms with Crippen LogP contribution in [0.3, 0.4) is 0 Å². The SMILES string of the molecule is CC(=O)N[C@@H]1C[C@@H](C=O)N(C)C1. The van der Waals surface area contributed by atoms with Gasteiger partial charge in [0, 0.05) is 19.5 Å². The summed E-state index contributed by atoms with van der Waals surface area (Å²) in [6.45, 7) is 2.26. The van der Waals surface area contributed by atoms with Gasteiger partial charge in [-0.15, -0.1) is 0 Å². The number of amides is 1. The van der Waals surface area contributed by atoms with Gasteiger partial charge >= 0.3 is 0 Å². The third-order valence-corrected chi connectivity index (χ3v) is 2.17. The van der Waals surface area contributed by atoms with Crippen molar-refractivity contribution in [2.24, 2.45) is 0 Å². The lowest BCUT2D eigenvalue weighted by Gasteiger charge is -2.11. The summed E-state index contributed by atoms with van der Waals surface area (Å²) in [7, 11) is 1.89. The Morgan fingerprint density at radius 1 is 1.67 bits per heavy atom. The number of likely N-dealkylation sites (tertiary alicyclic amines) is 1. The molecule has 2 atom stereocenters. The summed E-state index contributed by atoms with van der Waals surface area (Å²) >= 11 is 0. The van der Waals surface area contributed by atoms with Crippen LogP contribution in [0.25, 0.3) is 0 Å². The second-order valence-electron chi connectivity index (χ2n) is 3.28. The highest BCUT2D eigenvalue weighted by Crippen LogP contribution is 2.13. The highest BCUT2D eigenvalue weighted by atomic mass is 16.1. The second-order valence-corrected chi connectivity index (χ2v) is 3.28. The van der Waals surface area contributed by atoms with Crippen LogP contribution in [0.2, 0.25) is 0 Å². The summed E-state index contributed by atoms with van der Waals surface area (Å²) in [4.78, 5) is 23.1. The van der Waals surface area contributed by atoms with Crippen LogP contribution in [0, 0.1) is 0 Å². The molecule has 1 N–H and O–H groups in total. The summed E-state index contributed by atoms with van der Waals surface area (Å²) in [6.07, 6.45) is 1.67. The van der Waals surface area contributed by atoms with Crippen LogP contribution in [0.5, 0.6) is 0 Å². The van der Waals surface area contributed by atoms with Gasteiger partial charge in [0.25, 0.3) is 0 Å². The van der Waals surface area contributed by atoms with Crippen molar-refractivity contribution in [3.8, 4) is 0 Å². The first-order valence-electron chi connectivity index (χ1n) is 4.06. The highest BCUT2D eigenvalue weighted by molar-refractivity contribution is 5.73. The lowest BCUT2D eigenvalue weighted by atomic mass is 10.2. The maximum Gasteiger partial charge on any atom is 0.217 e. The monoisotopic (exact) mass is 170 g/mol. The summed E-state index contributed by atoms with van der Waals surface area (Å²) < 4.78 is 0. The number of aldehydes is 1. The Morgan fingerprint density at radius 3 is 2.75 bits per heavy atom. The third kappa shape index (κ3) is 2.04. The maximum atomic E-state index is 10.7. The summed E-state index contributed by atoms with van der Waals surface area (Å²) in [5, 5.41) is 2.80. The van der Waals surface area contributed by atoms with E-state index in [4.69, 9.17) is 0 Å². The Morgan fingerprint density at radius 2 is 2.33 bits per heavy atom. The van der Waals surface area contributed by atoms with Crippen molar-refractivity contribution in [2.75, 3.05) is 13.6 Å². The van der Waals surface area contributed by atoms with Crippen molar-refractivity contribution >= 4 is 12.2 Å².